The fourth-order valence-corrected chi connectivity index (χ4v) is 3.31. The highest BCUT2D eigenvalue weighted by Gasteiger charge is 2.29. The first-order valence-corrected chi connectivity index (χ1v) is 9.01. The second kappa shape index (κ2) is 7.41. The highest BCUT2D eigenvalue weighted by atomic mass is 32.2. The van der Waals surface area contributed by atoms with E-state index in [9.17, 15) is 21.6 Å². The molecule has 1 unspecified atom stereocenters. The molecule has 7 heteroatoms. The third kappa shape index (κ3) is 5.44. The van der Waals surface area contributed by atoms with Gasteiger partial charge in [-0.1, -0.05) is 42.0 Å². The van der Waals surface area contributed by atoms with Crippen LogP contribution in [0.3, 0.4) is 0 Å². The van der Waals surface area contributed by atoms with Crippen molar-refractivity contribution in [1.82, 2.24) is 4.72 Å². The Balaban J connectivity index is 2.05. The summed E-state index contributed by atoms with van der Waals surface area (Å²) < 4.78 is 64.5. The van der Waals surface area contributed by atoms with Crippen molar-refractivity contribution < 1.29 is 21.6 Å². The van der Waals surface area contributed by atoms with Crippen LogP contribution in [0.25, 0.3) is 6.08 Å². The minimum Gasteiger partial charge on any atom is -0.207 e. The number of nitrogens with one attached hydrogen (secondary N) is 1. The van der Waals surface area contributed by atoms with Gasteiger partial charge in [0.1, 0.15) is 0 Å². The van der Waals surface area contributed by atoms with Crippen molar-refractivity contribution in [2.24, 2.45) is 0 Å². The minimum absolute atomic E-state index is 0.160. The molecule has 0 aliphatic rings. The zero-order valence-electron chi connectivity index (χ0n) is 13.7. The second-order valence-corrected chi connectivity index (χ2v) is 7.42. The number of aryl methyl sites for hydroxylation is 1. The normalized spacial score (nSPS) is 14.0. The Morgan fingerprint density at radius 2 is 1.56 bits per heavy atom. The molecule has 0 aromatic heterocycles. The summed E-state index contributed by atoms with van der Waals surface area (Å²) in [5.41, 5.74) is 0.779. The molecule has 3 nitrogen and oxygen atoms in total. The molecule has 2 rings (SSSR count). The van der Waals surface area contributed by atoms with E-state index in [0.29, 0.717) is 5.56 Å². The predicted molar refractivity (Wildman–Crippen MR) is 91.4 cm³/mol. The summed E-state index contributed by atoms with van der Waals surface area (Å²) in [5.74, 6) is 0. The lowest BCUT2D eigenvalue weighted by Crippen LogP contribution is -2.31. The van der Waals surface area contributed by atoms with Gasteiger partial charge in [0.2, 0.25) is 10.0 Å². The summed E-state index contributed by atoms with van der Waals surface area (Å²) in [7, 11) is -3.66. The van der Waals surface area contributed by atoms with Crippen molar-refractivity contribution >= 4 is 16.1 Å². The van der Waals surface area contributed by atoms with Crippen LogP contribution in [0, 0.1) is 6.92 Å². The lowest BCUT2D eigenvalue weighted by Gasteiger charge is -2.11. The SMILES string of the molecule is Cc1ccc(S(=O)(=O)NC(C)/C=C/c2ccc(C(F)(F)F)cc2)cc1. The molecule has 0 saturated carbocycles. The highest BCUT2D eigenvalue weighted by molar-refractivity contribution is 7.89. The maximum Gasteiger partial charge on any atom is 0.416 e. The number of benzene rings is 2. The standard InChI is InChI=1S/C18H18F3NO2S/c1-13-3-11-17(12-4-13)25(23,24)22-14(2)5-6-15-7-9-16(10-8-15)18(19,20)21/h3-12,14,22H,1-2H3/b6-5+. The first-order valence-electron chi connectivity index (χ1n) is 7.52. The smallest absolute Gasteiger partial charge is 0.207 e. The zero-order valence-corrected chi connectivity index (χ0v) is 14.5. The van der Waals surface area contributed by atoms with Crippen LogP contribution >= 0.6 is 0 Å². The van der Waals surface area contributed by atoms with Gasteiger partial charge >= 0.3 is 6.18 Å². The molecule has 0 aliphatic carbocycles. The van der Waals surface area contributed by atoms with Crippen LogP contribution in [0.4, 0.5) is 13.2 Å². The van der Waals surface area contributed by atoms with Gasteiger partial charge in [0.25, 0.3) is 0 Å². The van der Waals surface area contributed by atoms with Gasteiger partial charge in [-0.15, -0.1) is 0 Å². The molecule has 25 heavy (non-hydrogen) atoms. The number of halogens is 3. The van der Waals surface area contributed by atoms with Gasteiger partial charge in [0.15, 0.2) is 0 Å². The molecule has 0 amide bonds. The number of rotatable bonds is 5. The van der Waals surface area contributed by atoms with E-state index in [1.165, 1.54) is 24.3 Å². The molecule has 0 aliphatic heterocycles. The van der Waals surface area contributed by atoms with Crippen LogP contribution in [-0.4, -0.2) is 14.5 Å². The van der Waals surface area contributed by atoms with Gasteiger partial charge in [-0.05, 0) is 43.7 Å². The summed E-state index contributed by atoms with van der Waals surface area (Å²) >= 11 is 0. The highest BCUT2D eigenvalue weighted by Crippen LogP contribution is 2.29. The van der Waals surface area contributed by atoms with E-state index in [0.717, 1.165) is 17.7 Å². The number of hydrogen-bond acceptors (Lipinski definition) is 2. The van der Waals surface area contributed by atoms with Gasteiger partial charge in [-0.2, -0.15) is 13.2 Å². The van der Waals surface area contributed by atoms with E-state index in [2.05, 4.69) is 4.72 Å². The number of hydrogen-bond donors (Lipinski definition) is 1. The Morgan fingerprint density at radius 1 is 1.00 bits per heavy atom. The van der Waals surface area contributed by atoms with E-state index < -0.39 is 27.8 Å². The molecule has 0 radical (unpaired) electrons. The van der Waals surface area contributed by atoms with Crippen molar-refractivity contribution in [3.8, 4) is 0 Å². The first-order chi connectivity index (χ1) is 11.6. The van der Waals surface area contributed by atoms with E-state index in [1.807, 2.05) is 6.92 Å². The van der Waals surface area contributed by atoms with Gasteiger partial charge < -0.3 is 0 Å². The summed E-state index contributed by atoms with van der Waals surface area (Å²) in [6, 6.07) is 10.6. The molecule has 2 aromatic rings. The van der Waals surface area contributed by atoms with E-state index >= 15 is 0 Å². The second-order valence-electron chi connectivity index (χ2n) is 5.70. The fraction of sp³-hybridized carbons (Fsp3) is 0.222. The topological polar surface area (TPSA) is 46.2 Å². The molecule has 0 bridgehead atoms. The molecule has 1 N–H and O–H groups in total. The van der Waals surface area contributed by atoms with Crippen molar-refractivity contribution in [2.45, 2.75) is 31.0 Å². The molecule has 2 aromatic carbocycles. The Labute approximate surface area is 145 Å². The van der Waals surface area contributed by atoms with Gasteiger partial charge in [0.05, 0.1) is 10.5 Å². The largest absolute Gasteiger partial charge is 0.416 e. The lowest BCUT2D eigenvalue weighted by atomic mass is 10.1. The summed E-state index contributed by atoms with van der Waals surface area (Å²) in [5, 5.41) is 0. The van der Waals surface area contributed by atoms with Gasteiger partial charge in [0, 0.05) is 6.04 Å². The van der Waals surface area contributed by atoms with E-state index in [1.54, 1.807) is 31.2 Å². The molecule has 0 heterocycles. The Morgan fingerprint density at radius 3 is 2.08 bits per heavy atom. The van der Waals surface area contributed by atoms with Crippen molar-refractivity contribution in [1.29, 1.82) is 0 Å². The van der Waals surface area contributed by atoms with Gasteiger partial charge in [-0.25, -0.2) is 13.1 Å². The van der Waals surface area contributed by atoms with Gasteiger partial charge in [-0.3, -0.25) is 0 Å². The van der Waals surface area contributed by atoms with Crippen LogP contribution in [0.1, 0.15) is 23.6 Å². The fourth-order valence-electron chi connectivity index (χ4n) is 2.11. The van der Waals surface area contributed by atoms with Crippen molar-refractivity contribution in [3.63, 3.8) is 0 Å². The summed E-state index contributed by atoms with van der Waals surface area (Å²) in [6.45, 7) is 3.51. The molecule has 1 atom stereocenters. The van der Waals surface area contributed by atoms with Crippen LogP contribution in [0.2, 0.25) is 0 Å². The number of alkyl halides is 3. The average molecular weight is 369 g/mol. The molecule has 0 spiro atoms. The molecule has 134 valence electrons. The lowest BCUT2D eigenvalue weighted by molar-refractivity contribution is -0.137. The maximum absolute atomic E-state index is 12.5. The van der Waals surface area contributed by atoms with Crippen LogP contribution in [-0.2, 0) is 16.2 Å². The third-order valence-electron chi connectivity index (χ3n) is 3.49. The molecule has 0 saturated heterocycles. The Kier molecular flexibility index (Phi) is 5.69. The summed E-state index contributed by atoms with van der Waals surface area (Å²) in [4.78, 5) is 0.160. The quantitative estimate of drug-likeness (QED) is 0.849. The Hall–Kier alpha value is -2.12. The van der Waals surface area contributed by atoms with Crippen LogP contribution < -0.4 is 4.72 Å². The number of sulfonamides is 1. The van der Waals surface area contributed by atoms with Crippen molar-refractivity contribution in [2.75, 3.05) is 0 Å². The first kappa shape index (κ1) is 19.2. The van der Waals surface area contributed by atoms with Crippen LogP contribution in [0.5, 0.6) is 0 Å². The maximum atomic E-state index is 12.5. The Bertz CT molecular complexity index is 839. The molecule has 0 fully saturated rings. The van der Waals surface area contributed by atoms with E-state index in [-0.39, 0.29) is 4.90 Å². The summed E-state index contributed by atoms with van der Waals surface area (Å²) in [6.07, 6.45) is -1.23. The van der Waals surface area contributed by atoms with Crippen LogP contribution in [0.15, 0.2) is 59.5 Å². The third-order valence-corrected chi connectivity index (χ3v) is 5.06. The zero-order chi connectivity index (χ0) is 18.7. The molecular weight excluding hydrogens is 351 g/mol. The average Bonchev–Trinajstić information content (AvgIpc) is 2.52. The monoisotopic (exact) mass is 369 g/mol. The molecular formula is C18H18F3NO2S. The minimum atomic E-state index is -4.38. The predicted octanol–water partition coefficient (Wildman–Crippen LogP) is 4.39. The van der Waals surface area contributed by atoms with E-state index in [4.69, 9.17) is 0 Å². The van der Waals surface area contributed by atoms with Crippen molar-refractivity contribution in [3.05, 3.63) is 71.3 Å².